The highest BCUT2D eigenvalue weighted by Crippen LogP contribution is 2.40. The van der Waals surface area contributed by atoms with Gasteiger partial charge in [-0.1, -0.05) is 24.3 Å². The Labute approximate surface area is 167 Å². The molecule has 0 saturated heterocycles. The monoisotopic (exact) mass is 390 g/mol. The van der Waals surface area contributed by atoms with Gasteiger partial charge in [0.15, 0.2) is 0 Å². The lowest BCUT2D eigenvalue weighted by Crippen LogP contribution is -2.44. The van der Waals surface area contributed by atoms with E-state index >= 15 is 0 Å². The van der Waals surface area contributed by atoms with Crippen molar-refractivity contribution >= 4 is 11.9 Å². The van der Waals surface area contributed by atoms with Crippen LogP contribution in [0.25, 0.3) is 0 Å². The molecule has 2 aliphatic heterocycles. The van der Waals surface area contributed by atoms with E-state index in [9.17, 15) is 19.8 Å². The van der Waals surface area contributed by atoms with E-state index in [0.29, 0.717) is 22.3 Å². The van der Waals surface area contributed by atoms with E-state index in [-0.39, 0.29) is 11.5 Å². The van der Waals surface area contributed by atoms with E-state index in [4.69, 9.17) is 9.47 Å². The van der Waals surface area contributed by atoms with Crippen LogP contribution in [0.15, 0.2) is 72.8 Å². The average molecular weight is 390 g/mol. The molecule has 6 nitrogen and oxygen atoms in total. The van der Waals surface area contributed by atoms with Crippen molar-refractivity contribution in [1.82, 2.24) is 0 Å². The molecule has 0 aromatic heterocycles. The number of carbonyl (C=O) groups is 2. The van der Waals surface area contributed by atoms with Crippen LogP contribution in [-0.2, 0) is 14.9 Å². The zero-order valence-electron chi connectivity index (χ0n) is 15.5. The molecule has 0 fully saturated rings. The molecule has 0 spiro atoms. The highest BCUT2D eigenvalue weighted by Gasteiger charge is 2.44. The van der Waals surface area contributed by atoms with Gasteiger partial charge in [0.2, 0.25) is 0 Å². The molecular weight excluding hydrogens is 372 g/mol. The minimum atomic E-state index is -1.29. The summed E-state index contributed by atoms with van der Waals surface area (Å²) in [5, 5.41) is 19.4. The van der Waals surface area contributed by atoms with Crippen LogP contribution in [0.3, 0.4) is 0 Å². The zero-order chi connectivity index (χ0) is 20.6. The van der Waals surface area contributed by atoms with Gasteiger partial charge in [-0.15, -0.1) is 0 Å². The standard InChI is InChI=1S/C23H18O6/c1-23(16-6-10-18(24)11-7-16,17-8-12-19(25)13-9-17)22-28-20(26)14-2-3-15(5-4-14)21(27)29-22/h2-13,22,24-25H,1H3. The van der Waals surface area contributed by atoms with Gasteiger partial charge in [-0.25, -0.2) is 9.59 Å². The summed E-state index contributed by atoms with van der Waals surface area (Å²) in [5.74, 6) is -1.11. The molecule has 146 valence electrons. The van der Waals surface area contributed by atoms with Crippen LogP contribution in [-0.4, -0.2) is 28.4 Å². The molecule has 0 amide bonds. The number of fused-ring (bicyclic) bond motifs is 6. The molecule has 0 saturated carbocycles. The molecular formula is C23H18O6. The molecule has 0 atom stereocenters. The number of hydrogen-bond donors (Lipinski definition) is 2. The van der Waals surface area contributed by atoms with E-state index in [0.717, 1.165) is 0 Å². The van der Waals surface area contributed by atoms with Gasteiger partial charge >= 0.3 is 11.9 Å². The van der Waals surface area contributed by atoms with Crippen molar-refractivity contribution < 1.29 is 29.3 Å². The number of aromatic hydroxyl groups is 2. The lowest BCUT2D eigenvalue weighted by atomic mass is 9.75. The second-order valence-electron chi connectivity index (χ2n) is 7.02. The first-order chi connectivity index (χ1) is 13.9. The lowest BCUT2D eigenvalue weighted by Gasteiger charge is -2.37. The molecule has 2 N–H and O–H groups in total. The van der Waals surface area contributed by atoms with Crippen LogP contribution < -0.4 is 0 Å². The van der Waals surface area contributed by atoms with E-state index < -0.39 is 23.6 Å². The third-order valence-electron chi connectivity index (χ3n) is 5.19. The summed E-state index contributed by atoms with van der Waals surface area (Å²) in [4.78, 5) is 25.3. The minimum absolute atomic E-state index is 0.0721. The van der Waals surface area contributed by atoms with Gasteiger partial charge in [-0.2, -0.15) is 0 Å². The van der Waals surface area contributed by atoms with E-state index in [1.165, 1.54) is 48.5 Å². The number of carbonyl (C=O) groups excluding carboxylic acids is 2. The molecule has 0 unspecified atom stereocenters. The Morgan fingerprint density at radius 1 is 0.655 bits per heavy atom. The van der Waals surface area contributed by atoms with Gasteiger partial charge in [0.1, 0.15) is 11.5 Å². The molecule has 3 aromatic rings. The van der Waals surface area contributed by atoms with E-state index in [1.54, 1.807) is 31.2 Å². The first kappa shape index (κ1) is 18.6. The summed E-state index contributed by atoms with van der Waals surface area (Å²) >= 11 is 0. The van der Waals surface area contributed by atoms with Crippen molar-refractivity contribution in [2.45, 2.75) is 18.6 Å². The molecule has 3 aromatic carbocycles. The number of benzene rings is 3. The SMILES string of the molecule is CC(c1ccc(O)cc1)(c1ccc(O)cc1)C1OC(=O)c2ccc(cc2)C(=O)O1. The first-order valence-electron chi connectivity index (χ1n) is 8.99. The molecule has 0 aliphatic carbocycles. The molecule has 5 rings (SSSR count). The third-order valence-corrected chi connectivity index (χ3v) is 5.19. The number of phenols is 2. The van der Waals surface area contributed by atoms with Crippen molar-refractivity contribution in [1.29, 1.82) is 0 Å². The fraction of sp³-hybridized carbons (Fsp3) is 0.130. The molecule has 2 heterocycles. The lowest BCUT2D eigenvalue weighted by molar-refractivity contribution is -0.107. The van der Waals surface area contributed by atoms with Crippen LogP contribution in [0.2, 0.25) is 0 Å². The minimum Gasteiger partial charge on any atom is -0.508 e. The van der Waals surface area contributed by atoms with E-state index in [2.05, 4.69) is 0 Å². The number of hydrogen-bond acceptors (Lipinski definition) is 6. The quantitative estimate of drug-likeness (QED) is 0.662. The molecule has 2 bridgehead atoms. The average Bonchev–Trinajstić information content (AvgIpc) is 2.82. The molecule has 29 heavy (non-hydrogen) atoms. The molecule has 0 radical (unpaired) electrons. The van der Waals surface area contributed by atoms with Gasteiger partial charge in [0.05, 0.1) is 16.5 Å². The number of esters is 2. The highest BCUT2D eigenvalue weighted by atomic mass is 16.7. The summed E-state index contributed by atoms with van der Waals surface area (Å²) in [6.07, 6.45) is -1.29. The number of phenolic OH excluding ortho intramolecular Hbond substituents is 2. The number of rotatable bonds is 3. The molecule has 6 heteroatoms. The number of ether oxygens (including phenoxy) is 2. The van der Waals surface area contributed by atoms with Crippen molar-refractivity contribution in [2.75, 3.05) is 0 Å². The van der Waals surface area contributed by atoms with Crippen molar-refractivity contribution in [3.8, 4) is 11.5 Å². The predicted octanol–water partition coefficient (Wildman–Crippen LogP) is 3.76. The summed E-state index contributed by atoms with van der Waals surface area (Å²) in [7, 11) is 0. The highest BCUT2D eigenvalue weighted by molar-refractivity contribution is 5.94. The largest absolute Gasteiger partial charge is 0.508 e. The van der Waals surface area contributed by atoms with Crippen LogP contribution >= 0.6 is 0 Å². The maximum absolute atomic E-state index is 12.7. The Morgan fingerprint density at radius 2 is 1.00 bits per heavy atom. The predicted molar refractivity (Wildman–Crippen MR) is 104 cm³/mol. The Morgan fingerprint density at radius 3 is 1.34 bits per heavy atom. The van der Waals surface area contributed by atoms with Gasteiger partial charge in [-0.3, -0.25) is 0 Å². The summed E-state index contributed by atoms with van der Waals surface area (Å²) in [6, 6.07) is 18.7. The maximum Gasteiger partial charge on any atom is 0.341 e. The Bertz CT molecular complexity index is 970. The summed E-state index contributed by atoms with van der Waals surface area (Å²) in [5.41, 5.74) is 0.785. The first-order valence-corrected chi connectivity index (χ1v) is 8.99. The van der Waals surface area contributed by atoms with Gasteiger partial charge in [0.25, 0.3) is 6.29 Å². The normalized spacial score (nSPS) is 14.5. The van der Waals surface area contributed by atoms with Gasteiger partial charge in [-0.05, 0) is 66.6 Å². The van der Waals surface area contributed by atoms with Gasteiger partial charge < -0.3 is 19.7 Å². The second-order valence-corrected chi connectivity index (χ2v) is 7.02. The summed E-state index contributed by atoms with van der Waals surface area (Å²) < 4.78 is 11.3. The third kappa shape index (κ3) is 3.29. The maximum atomic E-state index is 12.7. The van der Waals surface area contributed by atoms with Crippen molar-refractivity contribution in [3.63, 3.8) is 0 Å². The van der Waals surface area contributed by atoms with Crippen molar-refractivity contribution in [3.05, 3.63) is 95.1 Å². The Hall–Kier alpha value is -3.80. The summed E-state index contributed by atoms with van der Waals surface area (Å²) in [6.45, 7) is 1.77. The van der Waals surface area contributed by atoms with E-state index in [1.807, 2.05) is 0 Å². The smallest absolute Gasteiger partial charge is 0.341 e. The molecule has 2 aliphatic rings. The Kier molecular flexibility index (Phi) is 4.47. The van der Waals surface area contributed by atoms with Crippen LogP contribution in [0.5, 0.6) is 11.5 Å². The fourth-order valence-electron chi connectivity index (χ4n) is 3.39. The second kappa shape index (κ2) is 6.98. The Balaban J connectivity index is 1.87. The fourth-order valence-corrected chi connectivity index (χ4v) is 3.39. The van der Waals surface area contributed by atoms with Gasteiger partial charge in [0, 0.05) is 0 Å². The van der Waals surface area contributed by atoms with Crippen molar-refractivity contribution in [2.24, 2.45) is 0 Å². The van der Waals surface area contributed by atoms with Crippen LogP contribution in [0.1, 0.15) is 38.8 Å². The van der Waals surface area contributed by atoms with Crippen LogP contribution in [0, 0.1) is 0 Å². The zero-order valence-corrected chi connectivity index (χ0v) is 15.5. The van der Waals surface area contributed by atoms with Crippen LogP contribution in [0.4, 0.5) is 0 Å². The topological polar surface area (TPSA) is 93.1 Å².